The van der Waals surface area contributed by atoms with Crippen LogP contribution < -0.4 is 14.8 Å². The molecule has 7 heteroatoms. The molecular weight excluding hydrogens is 420 g/mol. The Morgan fingerprint density at radius 2 is 1.82 bits per heavy atom. The van der Waals surface area contributed by atoms with Crippen LogP contribution in [0.25, 0.3) is 0 Å². The molecule has 2 aromatic carbocycles. The fourth-order valence-electron chi connectivity index (χ4n) is 4.18. The third-order valence-electron chi connectivity index (χ3n) is 5.91. The van der Waals surface area contributed by atoms with Gasteiger partial charge in [-0.05, 0) is 56.1 Å². The number of ether oxygens (including phenoxy) is 3. The first-order valence-corrected chi connectivity index (χ1v) is 11.9. The molecule has 0 aromatic heterocycles. The summed E-state index contributed by atoms with van der Waals surface area (Å²) >= 11 is 0. The van der Waals surface area contributed by atoms with Crippen molar-refractivity contribution in [2.45, 2.75) is 38.7 Å². The van der Waals surface area contributed by atoms with E-state index in [0.29, 0.717) is 43.9 Å². The van der Waals surface area contributed by atoms with Crippen molar-refractivity contribution in [2.24, 2.45) is 0 Å². The molecule has 2 aromatic rings. The number of benzene rings is 2. The van der Waals surface area contributed by atoms with Crippen LogP contribution in [0.5, 0.6) is 11.5 Å². The van der Waals surface area contributed by atoms with Crippen LogP contribution in [0.3, 0.4) is 0 Å². The Labute approximate surface area is 195 Å². The van der Waals surface area contributed by atoms with Crippen LogP contribution in [0, 0.1) is 0 Å². The van der Waals surface area contributed by atoms with Gasteiger partial charge in [0.05, 0.1) is 37.1 Å². The van der Waals surface area contributed by atoms with Gasteiger partial charge in [0.2, 0.25) is 0 Å². The van der Waals surface area contributed by atoms with E-state index in [4.69, 9.17) is 14.2 Å². The van der Waals surface area contributed by atoms with Crippen LogP contribution in [0.15, 0.2) is 42.5 Å². The SMILES string of the molecule is CCCNCCO[C@H]1CCOc2ccc(OCCCCN3C(=O)c4ccccc4C3=O)cc21. The van der Waals surface area contributed by atoms with Gasteiger partial charge >= 0.3 is 0 Å². The van der Waals surface area contributed by atoms with E-state index in [1.807, 2.05) is 18.2 Å². The van der Waals surface area contributed by atoms with E-state index >= 15 is 0 Å². The molecule has 4 rings (SSSR count). The number of amides is 2. The van der Waals surface area contributed by atoms with Crippen molar-refractivity contribution in [1.29, 1.82) is 0 Å². The minimum atomic E-state index is -0.206. The molecule has 33 heavy (non-hydrogen) atoms. The Morgan fingerprint density at radius 1 is 1.03 bits per heavy atom. The first kappa shape index (κ1) is 23.3. The molecular formula is C26H32N2O5. The van der Waals surface area contributed by atoms with E-state index in [0.717, 1.165) is 49.4 Å². The summed E-state index contributed by atoms with van der Waals surface area (Å²) in [6, 6.07) is 12.8. The monoisotopic (exact) mass is 452 g/mol. The average molecular weight is 453 g/mol. The van der Waals surface area contributed by atoms with Crippen molar-refractivity contribution in [3.8, 4) is 11.5 Å². The smallest absolute Gasteiger partial charge is 0.261 e. The summed E-state index contributed by atoms with van der Waals surface area (Å²) in [7, 11) is 0. The van der Waals surface area contributed by atoms with Crippen molar-refractivity contribution >= 4 is 11.8 Å². The summed E-state index contributed by atoms with van der Waals surface area (Å²) in [5, 5.41) is 3.35. The Hall–Kier alpha value is -2.90. The molecule has 0 fully saturated rings. The Kier molecular flexibility index (Phi) is 7.96. The standard InChI is InChI=1S/C26H32N2O5/c1-2-12-27-13-17-33-24-11-16-32-23-10-9-19(18-22(23)24)31-15-6-5-14-28-25(29)20-7-3-4-8-21(20)26(28)30/h3-4,7-10,18,24,27H,2,5-6,11-17H2,1H3/t24-/m0/s1. The maximum absolute atomic E-state index is 12.4. The molecule has 1 atom stereocenters. The summed E-state index contributed by atoms with van der Waals surface area (Å²) in [5.41, 5.74) is 2.01. The Morgan fingerprint density at radius 3 is 2.58 bits per heavy atom. The van der Waals surface area contributed by atoms with Crippen molar-refractivity contribution < 1.29 is 23.8 Å². The average Bonchev–Trinajstić information content (AvgIpc) is 3.08. The largest absolute Gasteiger partial charge is 0.494 e. The van der Waals surface area contributed by atoms with Gasteiger partial charge in [-0.25, -0.2) is 0 Å². The number of hydrogen-bond acceptors (Lipinski definition) is 6. The fourth-order valence-corrected chi connectivity index (χ4v) is 4.18. The predicted octanol–water partition coefficient (Wildman–Crippen LogP) is 3.98. The number of rotatable bonds is 12. The summed E-state index contributed by atoms with van der Waals surface area (Å²) in [6.07, 6.45) is 3.37. The number of hydrogen-bond donors (Lipinski definition) is 1. The lowest BCUT2D eigenvalue weighted by Crippen LogP contribution is -2.30. The molecule has 0 unspecified atom stereocenters. The maximum Gasteiger partial charge on any atom is 0.261 e. The zero-order valence-electron chi connectivity index (χ0n) is 19.2. The molecule has 0 aliphatic carbocycles. The van der Waals surface area contributed by atoms with Crippen LogP contribution in [0.1, 0.15) is 65.0 Å². The van der Waals surface area contributed by atoms with Crippen LogP contribution >= 0.6 is 0 Å². The quantitative estimate of drug-likeness (QED) is 0.388. The number of carbonyl (C=O) groups is 2. The van der Waals surface area contributed by atoms with Crippen LogP contribution in [-0.2, 0) is 4.74 Å². The number of imide groups is 1. The van der Waals surface area contributed by atoms with Gasteiger partial charge in [0.25, 0.3) is 11.8 Å². The van der Waals surface area contributed by atoms with E-state index in [1.165, 1.54) is 4.90 Å². The molecule has 0 bridgehead atoms. The van der Waals surface area contributed by atoms with Gasteiger partial charge in [-0.1, -0.05) is 19.1 Å². The summed E-state index contributed by atoms with van der Waals surface area (Å²) in [4.78, 5) is 26.2. The van der Waals surface area contributed by atoms with Crippen molar-refractivity contribution in [1.82, 2.24) is 10.2 Å². The van der Waals surface area contributed by atoms with Crippen molar-refractivity contribution in [3.63, 3.8) is 0 Å². The number of carbonyl (C=O) groups excluding carboxylic acids is 2. The van der Waals surface area contributed by atoms with E-state index in [2.05, 4.69) is 12.2 Å². The van der Waals surface area contributed by atoms with Gasteiger partial charge in [-0.2, -0.15) is 0 Å². The highest BCUT2D eigenvalue weighted by Crippen LogP contribution is 2.37. The molecule has 2 heterocycles. The van der Waals surface area contributed by atoms with E-state index in [-0.39, 0.29) is 17.9 Å². The topological polar surface area (TPSA) is 77.1 Å². The van der Waals surface area contributed by atoms with E-state index in [1.54, 1.807) is 24.3 Å². The predicted molar refractivity (Wildman–Crippen MR) is 125 cm³/mol. The van der Waals surface area contributed by atoms with Gasteiger partial charge in [-0.15, -0.1) is 0 Å². The third kappa shape index (κ3) is 5.54. The van der Waals surface area contributed by atoms with Crippen LogP contribution in [0.2, 0.25) is 0 Å². The first-order chi connectivity index (χ1) is 16.2. The van der Waals surface area contributed by atoms with Crippen molar-refractivity contribution in [2.75, 3.05) is 39.5 Å². The second-order valence-electron chi connectivity index (χ2n) is 8.31. The number of fused-ring (bicyclic) bond motifs is 2. The van der Waals surface area contributed by atoms with E-state index < -0.39 is 0 Å². The lowest BCUT2D eigenvalue weighted by Gasteiger charge is -2.26. The molecule has 0 spiro atoms. The number of nitrogens with zero attached hydrogens (tertiary/aromatic N) is 1. The molecule has 0 radical (unpaired) electrons. The van der Waals surface area contributed by atoms with Gasteiger partial charge in [0, 0.05) is 25.1 Å². The fraction of sp³-hybridized carbons (Fsp3) is 0.462. The van der Waals surface area contributed by atoms with Crippen molar-refractivity contribution in [3.05, 3.63) is 59.2 Å². The number of nitrogens with one attached hydrogen (secondary N) is 1. The minimum absolute atomic E-state index is 0.00884. The molecule has 2 amide bonds. The highest BCUT2D eigenvalue weighted by Gasteiger charge is 2.34. The second kappa shape index (κ2) is 11.3. The number of unbranched alkanes of at least 4 members (excludes halogenated alkanes) is 1. The van der Waals surface area contributed by atoms with Crippen LogP contribution in [0.4, 0.5) is 0 Å². The molecule has 2 aliphatic heterocycles. The Bertz CT molecular complexity index is 942. The zero-order valence-corrected chi connectivity index (χ0v) is 19.2. The summed E-state index contributed by atoms with van der Waals surface area (Å²) in [5.74, 6) is 1.22. The molecule has 0 saturated carbocycles. The maximum atomic E-state index is 12.4. The molecule has 176 valence electrons. The van der Waals surface area contributed by atoms with Gasteiger partial charge in [0.15, 0.2) is 0 Å². The highest BCUT2D eigenvalue weighted by atomic mass is 16.5. The lowest BCUT2D eigenvalue weighted by atomic mass is 10.0. The molecule has 0 saturated heterocycles. The highest BCUT2D eigenvalue weighted by molar-refractivity contribution is 6.21. The van der Waals surface area contributed by atoms with Gasteiger partial charge in [0.1, 0.15) is 11.5 Å². The van der Waals surface area contributed by atoms with Crippen LogP contribution in [-0.4, -0.2) is 56.2 Å². The second-order valence-corrected chi connectivity index (χ2v) is 8.31. The minimum Gasteiger partial charge on any atom is -0.494 e. The lowest BCUT2D eigenvalue weighted by molar-refractivity contribution is 0.0256. The summed E-state index contributed by atoms with van der Waals surface area (Å²) < 4.78 is 17.8. The molecule has 1 N–H and O–H groups in total. The summed E-state index contributed by atoms with van der Waals surface area (Å²) in [6.45, 7) is 6.20. The zero-order chi connectivity index (χ0) is 23.0. The normalized spacial score (nSPS) is 17.0. The molecule has 2 aliphatic rings. The van der Waals surface area contributed by atoms with E-state index in [9.17, 15) is 9.59 Å². The van der Waals surface area contributed by atoms with Gasteiger partial charge < -0.3 is 19.5 Å². The Balaban J connectivity index is 1.23. The first-order valence-electron chi connectivity index (χ1n) is 11.9. The van der Waals surface area contributed by atoms with Gasteiger partial charge in [-0.3, -0.25) is 14.5 Å². The third-order valence-corrected chi connectivity index (χ3v) is 5.91. The molecule has 7 nitrogen and oxygen atoms in total.